The van der Waals surface area contributed by atoms with E-state index in [1.165, 1.54) is 20.4 Å². The normalized spacial score (nSPS) is 10.5. The molecule has 0 aliphatic rings. The minimum atomic E-state index is -0.409. The Hall–Kier alpha value is -2.67. The van der Waals surface area contributed by atoms with E-state index in [2.05, 4.69) is 31.2 Å². The van der Waals surface area contributed by atoms with Crippen LogP contribution in [0.3, 0.4) is 0 Å². The van der Waals surface area contributed by atoms with Crippen LogP contribution in [0.15, 0.2) is 52.0 Å². The number of hydrogen-bond donors (Lipinski definition) is 1. The Balaban J connectivity index is 2.05. The zero-order valence-electron chi connectivity index (χ0n) is 13.1. The second-order valence-corrected chi connectivity index (χ2v) is 5.57. The maximum Gasteiger partial charge on any atom is 0.337 e. The molecule has 0 atom stereocenters. The summed E-state index contributed by atoms with van der Waals surface area (Å²) < 4.78 is 10.5. The minimum absolute atomic E-state index is 0.366. The molecule has 7 heteroatoms. The van der Waals surface area contributed by atoms with Gasteiger partial charge in [0.1, 0.15) is 5.75 Å². The fourth-order valence-electron chi connectivity index (χ4n) is 1.91. The fraction of sp³-hybridized carbons (Fsp3) is 0.118. The van der Waals surface area contributed by atoms with Crippen molar-refractivity contribution in [2.24, 2.45) is 5.10 Å². The van der Waals surface area contributed by atoms with E-state index in [1.807, 2.05) is 0 Å². The first-order valence-electron chi connectivity index (χ1n) is 6.90. The van der Waals surface area contributed by atoms with Crippen molar-refractivity contribution in [1.82, 2.24) is 5.43 Å². The van der Waals surface area contributed by atoms with E-state index in [4.69, 9.17) is 4.74 Å². The number of carbonyl (C=O) groups excluding carboxylic acids is 2. The van der Waals surface area contributed by atoms with Crippen LogP contribution >= 0.6 is 15.9 Å². The van der Waals surface area contributed by atoms with Crippen LogP contribution in [0.2, 0.25) is 0 Å². The third-order valence-electron chi connectivity index (χ3n) is 3.12. The van der Waals surface area contributed by atoms with E-state index < -0.39 is 11.9 Å². The lowest BCUT2D eigenvalue weighted by atomic mass is 10.1. The highest BCUT2D eigenvalue weighted by atomic mass is 79.9. The van der Waals surface area contributed by atoms with Gasteiger partial charge in [-0.2, -0.15) is 5.10 Å². The molecule has 124 valence electrons. The summed E-state index contributed by atoms with van der Waals surface area (Å²) in [6.07, 6.45) is 1.48. The molecule has 0 fully saturated rings. The number of halogens is 1. The quantitative estimate of drug-likeness (QED) is 0.483. The first-order chi connectivity index (χ1) is 11.5. The fourth-order valence-corrected chi connectivity index (χ4v) is 2.27. The van der Waals surface area contributed by atoms with Gasteiger partial charge in [-0.05, 0) is 35.9 Å². The van der Waals surface area contributed by atoms with E-state index >= 15 is 0 Å². The maximum absolute atomic E-state index is 12.2. The number of nitrogens with one attached hydrogen (secondary N) is 1. The highest BCUT2D eigenvalue weighted by molar-refractivity contribution is 9.10. The van der Waals surface area contributed by atoms with Crippen LogP contribution < -0.4 is 10.2 Å². The molecule has 0 saturated heterocycles. The van der Waals surface area contributed by atoms with E-state index in [1.54, 1.807) is 42.5 Å². The molecule has 0 radical (unpaired) electrons. The lowest BCUT2D eigenvalue weighted by molar-refractivity contribution is 0.0600. The Morgan fingerprint density at radius 2 is 1.83 bits per heavy atom. The van der Waals surface area contributed by atoms with Gasteiger partial charge in [0.25, 0.3) is 5.91 Å². The van der Waals surface area contributed by atoms with E-state index in [0.29, 0.717) is 16.9 Å². The van der Waals surface area contributed by atoms with Gasteiger partial charge in [-0.3, -0.25) is 4.79 Å². The first-order valence-corrected chi connectivity index (χ1v) is 7.69. The molecule has 0 aromatic heterocycles. The molecular weight excluding hydrogens is 376 g/mol. The summed E-state index contributed by atoms with van der Waals surface area (Å²) >= 11 is 3.31. The molecule has 0 heterocycles. The molecule has 0 aliphatic heterocycles. The monoisotopic (exact) mass is 390 g/mol. The lowest BCUT2D eigenvalue weighted by Gasteiger charge is -2.07. The van der Waals surface area contributed by atoms with Crippen molar-refractivity contribution in [3.05, 3.63) is 63.6 Å². The van der Waals surface area contributed by atoms with Gasteiger partial charge in [0.15, 0.2) is 0 Å². The van der Waals surface area contributed by atoms with Gasteiger partial charge in [0, 0.05) is 4.47 Å². The number of benzene rings is 2. The zero-order chi connectivity index (χ0) is 17.5. The van der Waals surface area contributed by atoms with Gasteiger partial charge in [0.2, 0.25) is 0 Å². The van der Waals surface area contributed by atoms with Crippen LogP contribution in [0.4, 0.5) is 0 Å². The van der Waals surface area contributed by atoms with Gasteiger partial charge in [0.05, 0.1) is 31.6 Å². The number of methoxy groups -OCH3 is 2. The smallest absolute Gasteiger partial charge is 0.337 e. The number of ether oxygens (including phenoxy) is 2. The molecule has 24 heavy (non-hydrogen) atoms. The summed E-state index contributed by atoms with van der Waals surface area (Å²) in [4.78, 5) is 23.5. The van der Waals surface area contributed by atoms with Crippen molar-refractivity contribution in [1.29, 1.82) is 0 Å². The second-order valence-electron chi connectivity index (χ2n) is 4.66. The summed E-state index contributed by atoms with van der Waals surface area (Å²) in [6.45, 7) is 0. The Bertz CT molecular complexity index is 773. The number of esters is 1. The number of hydrogen-bond acceptors (Lipinski definition) is 5. The van der Waals surface area contributed by atoms with Crippen molar-refractivity contribution in [2.75, 3.05) is 14.2 Å². The highest BCUT2D eigenvalue weighted by Crippen LogP contribution is 2.22. The molecule has 2 aromatic rings. The summed E-state index contributed by atoms with van der Waals surface area (Å²) in [6, 6.07) is 11.7. The summed E-state index contributed by atoms with van der Waals surface area (Å²) in [5.41, 5.74) is 3.97. The van der Waals surface area contributed by atoms with E-state index in [-0.39, 0.29) is 0 Å². The maximum atomic E-state index is 12.2. The topological polar surface area (TPSA) is 77.0 Å². The summed E-state index contributed by atoms with van der Waals surface area (Å²) in [5, 5.41) is 3.91. The first kappa shape index (κ1) is 17.7. The van der Waals surface area contributed by atoms with E-state index in [0.717, 1.165) is 10.0 Å². The van der Waals surface area contributed by atoms with Crippen LogP contribution in [-0.2, 0) is 4.74 Å². The molecule has 2 aromatic carbocycles. The van der Waals surface area contributed by atoms with Crippen LogP contribution in [-0.4, -0.2) is 32.3 Å². The molecule has 0 saturated carbocycles. The highest BCUT2D eigenvalue weighted by Gasteiger charge is 2.12. The average molecular weight is 391 g/mol. The lowest BCUT2D eigenvalue weighted by Crippen LogP contribution is -2.18. The summed E-state index contributed by atoms with van der Waals surface area (Å²) in [7, 11) is 2.82. The Kier molecular flexibility index (Phi) is 6.08. The molecule has 6 nitrogen and oxygen atoms in total. The average Bonchev–Trinajstić information content (AvgIpc) is 2.61. The van der Waals surface area contributed by atoms with Crippen LogP contribution in [0.5, 0.6) is 5.75 Å². The summed E-state index contributed by atoms with van der Waals surface area (Å²) in [5.74, 6) is -0.350. The van der Waals surface area contributed by atoms with Gasteiger partial charge >= 0.3 is 5.97 Å². The third kappa shape index (κ3) is 4.42. The van der Waals surface area contributed by atoms with Gasteiger partial charge < -0.3 is 9.47 Å². The predicted octanol–water partition coefficient (Wildman–Crippen LogP) is 3.01. The third-order valence-corrected chi connectivity index (χ3v) is 3.61. The Labute approximate surface area is 147 Å². The largest absolute Gasteiger partial charge is 0.496 e. The number of hydrazone groups is 1. The second kappa shape index (κ2) is 8.26. The molecule has 0 unspecified atom stereocenters. The molecule has 0 spiro atoms. The molecule has 0 aliphatic carbocycles. The molecule has 1 N–H and O–H groups in total. The van der Waals surface area contributed by atoms with Crippen LogP contribution in [0, 0.1) is 0 Å². The van der Waals surface area contributed by atoms with Crippen LogP contribution in [0.25, 0.3) is 0 Å². The van der Waals surface area contributed by atoms with Crippen molar-refractivity contribution in [3.63, 3.8) is 0 Å². The van der Waals surface area contributed by atoms with Crippen molar-refractivity contribution < 1.29 is 19.1 Å². The van der Waals surface area contributed by atoms with Gasteiger partial charge in [-0.1, -0.05) is 28.1 Å². The number of rotatable bonds is 5. The molecular formula is C17H15BrN2O4. The molecule has 0 bridgehead atoms. The van der Waals surface area contributed by atoms with Crippen molar-refractivity contribution in [3.8, 4) is 5.75 Å². The van der Waals surface area contributed by atoms with Crippen LogP contribution in [0.1, 0.15) is 26.3 Å². The Morgan fingerprint density at radius 3 is 2.46 bits per heavy atom. The van der Waals surface area contributed by atoms with Gasteiger partial charge in [-0.25, -0.2) is 10.2 Å². The standard InChI is InChI=1S/C17H15BrN2O4/c1-23-15-8-7-13(18)9-14(15)16(21)20-19-10-11-3-5-12(6-4-11)17(22)24-2/h3-10H,1-2H3,(H,20,21)/b19-10-. The zero-order valence-corrected chi connectivity index (χ0v) is 14.7. The molecule has 1 amide bonds. The van der Waals surface area contributed by atoms with Crippen molar-refractivity contribution in [2.45, 2.75) is 0 Å². The molecule has 2 rings (SSSR count). The number of carbonyl (C=O) groups is 2. The number of nitrogens with zero attached hydrogens (tertiary/aromatic N) is 1. The SMILES string of the molecule is COC(=O)c1ccc(/C=N\NC(=O)c2cc(Br)ccc2OC)cc1. The van der Waals surface area contributed by atoms with Gasteiger partial charge in [-0.15, -0.1) is 0 Å². The predicted molar refractivity (Wildman–Crippen MR) is 93.5 cm³/mol. The van der Waals surface area contributed by atoms with Crippen molar-refractivity contribution >= 4 is 34.0 Å². The Morgan fingerprint density at radius 1 is 1.12 bits per heavy atom. The minimum Gasteiger partial charge on any atom is -0.496 e. The van der Waals surface area contributed by atoms with E-state index in [9.17, 15) is 9.59 Å². The number of amides is 1.